The van der Waals surface area contributed by atoms with Crippen LogP contribution in [0.1, 0.15) is 31.4 Å². The van der Waals surface area contributed by atoms with Gasteiger partial charge < -0.3 is 15.5 Å². The molecule has 0 radical (unpaired) electrons. The summed E-state index contributed by atoms with van der Waals surface area (Å²) < 4.78 is 0. The van der Waals surface area contributed by atoms with Crippen molar-refractivity contribution < 1.29 is 10.2 Å². The Bertz CT molecular complexity index is 271. The maximum absolute atomic E-state index is 9.22. The topological polar surface area (TPSA) is 52.5 Å². The molecule has 0 saturated heterocycles. The zero-order valence-corrected chi connectivity index (χ0v) is 9.11. The molecule has 84 valence electrons. The SMILES string of the molecule is CCCCNC(CO)c1ccc(O)cc1. The van der Waals surface area contributed by atoms with Gasteiger partial charge in [0.05, 0.1) is 12.6 Å². The van der Waals surface area contributed by atoms with E-state index in [1.165, 1.54) is 0 Å². The highest BCUT2D eigenvalue weighted by molar-refractivity contribution is 5.28. The molecular weight excluding hydrogens is 190 g/mol. The second-order valence-electron chi connectivity index (χ2n) is 3.63. The number of unbranched alkanes of at least 4 members (excludes halogenated alkanes) is 1. The van der Waals surface area contributed by atoms with Crippen LogP contribution in [0.15, 0.2) is 24.3 Å². The third-order valence-electron chi connectivity index (χ3n) is 2.40. The molecule has 3 heteroatoms. The maximum atomic E-state index is 9.22. The fourth-order valence-corrected chi connectivity index (χ4v) is 1.45. The van der Waals surface area contributed by atoms with Crippen molar-refractivity contribution in [1.29, 1.82) is 0 Å². The van der Waals surface area contributed by atoms with Crippen LogP contribution in [0.5, 0.6) is 5.75 Å². The third-order valence-corrected chi connectivity index (χ3v) is 2.40. The van der Waals surface area contributed by atoms with Crippen molar-refractivity contribution in [1.82, 2.24) is 5.32 Å². The molecule has 1 atom stereocenters. The third kappa shape index (κ3) is 3.90. The smallest absolute Gasteiger partial charge is 0.115 e. The summed E-state index contributed by atoms with van der Waals surface area (Å²) in [6, 6.07) is 6.90. The first-order valence-electron chi connectivity index (χ1n) is 5.41. The van der Waals surface area contributed by atoms with E-state index in [9.17, 15) is 5.11 Å². The number of aliphatic hydroxyl groups excluding tert-OH is 1. The fraction of sp³-hybridized carbons (Fsp3) is 0.500. The van der Waals surface area contributed by atoms with Crippen LogP contribution in [0, 0.1) is 0 Å². The molecule has 0 heterocycles. The van der Waals surface area contributed by atoms with Gasteiger partial charge in [0.2, 0.25) is 0 Å². The van der Waals surface area contributed by atoms with Crippen molar-refractivity contribution in [2.45, 2.75) is 25.8 Å². The molecule has 0 spiro atoms. The molecule has 1 aromatic rings. The number of phenols is 1. The maximum Gasteiger partial charge on any atom is 0.115 e. The Hall–Kier alpha value is -1.06. The number of phenolic OH excluding ortho intramolecular Hbond substituents is 1. The lowest BCUT2D eigenvalue weighted by molar-refractivity contribution is 0.244. The van der Waals surface area contributed by atoms with Gasteiger partial charge in [0, 0.05) is 0 Å². The second-order valence-corrected chi connectivity index (χ2v) is 3.63. The predicted octanol–water partition coefficient (Wildman–Crippen LogP) is 1.82. The van der Waals surface area contributed by atoms with E-state index in [1.807, 2.05) is 12.1 Å². The summed E-state index contributed by atoms with van der Waals surface area (Å²) in [5.74, 6) is 0.254. The van der Waals surface area contributed by atoms with Gasteiger partial charge in [0.15, 0.2) is 0 Å². The van der Waals surface area contributed by atoms with Gasteiger partial charge in [0.1, 0.15) is 5.75 Å². The molecule has 15 heavy (non-hydrogen) atoms. The Morgan fingerprint density at radius 2 is 1.93 bits per heavy atom. The molecule has 0 aliphatic heterocycles. The zero-order valence-electron chi connectivity index (χ0n) is 9.11. The van der Waals surface area contributed by atoms with Crippen LogP contribution in [0.25, 0.3) is 0 Å². The Labute approximate surface area is 90.8 Å². The normalized spacial score (nSPS) is 12.7. The van der Waals surface area contributed by atoms with Gasteiger partial charge >= 0.3 is 0 Å². The van der Waals surface area contributed by atoms with Crippen molar-refractivity contribution in [3.63, 3.8) is 0 Å². The molecule has 0 saturated carbocycles. The summed E-state index contributed by atoms with van der Waals surface area (Å²) in [7, 11) is 0. The van der Waals surface area contributed by atoms with Crippen LogP contribution in [0.3, 0.4) is 0 Å². The number of aliphatic hydroxyl groups is 1. The van der Waals surface area contributed by atoms with Gasteiger partial charge in [-0.25, -0.2) is 0 Å². The Kier molecular flexibility index (Phi) is 5.15. The number of rotatable bonds is 6. The standard InChI is InChI=1S/C12H19NO2/c1-2-3-8-13-12(9-14)10-4-6-11(15)7-5-10/h4-7,12-15H,2-3,8-9H2,1H3. The van der Waals surface area contributed by atoms with Crippen molar-refractivity contribution in [2.24, 2.45) is 0 Å². The quantitative estimate of drug-likeness (QED) is 0.626. The van der Waals surface area contributed by atoms with Gasteiger partial charge in [0.25, 0.3) is 0 Å². The number of nitrogens with one attached hydrogen (secondary N) is 1. The molecule has 0 aromatic heterocycles. The Morgan fingerprint density at radius 3 is 2.47 bits per heavy atom. The average molecular weight is 209 g/mol. The van der Waals surface area contributed by atoms with Crippen LogP contribution in [-0.4, -0.2) is 23.4 Å². The molecule has 3 nitrogen and oxygen atoms in total. The van der Waals surface area contributed by atoms with Crippen LogP contribution in [0.4, 0.5) is 0 Å². The minimum atomic E-state index is -0.0304. The molecule has 0 aliphatic rings. The number of benzene rings is 1. The van der Waals surface area contributed by atoms with Crippen molar-refractivity contribution in [3.8, 4) is 5.75 Å². The van der Waals surface area contributed by atoms with Crippen LogP contribution < -0.4 is 5.32 Å². The summed E-state index contributed by atoms with van der Waals surface area (Å²) in [6.07, 6.45) is 2.25. The average Bonchev–Trinajstić information content (AvgIpc) is 2.26. The van der Waals surface area contributed by atoms with E-state index in [-0.39, 0.29) is 18.4 Å². The summed E-state index contributed by atoms with van der Waals surface area (Å²) in [5, 5.41) is 21.6. The molecular formula is C12H19NO2. The van der Waals surface area contributed by atoms with Crippen molar-refractivity contribution in [2.75, 3.05) is 13.2 Å². The molecule has 0 bridgehead atoms. The van der Waals surface area contributed by atoms with Crippen molar-refractivity contribution >= 4 is 0 Å². The van der Waals surface area contributed by atoms with Crippen LogP contribution in [0.2, 0.25) is 0 Å². The van der Waals surface area contributed by atoms with E-state index < -0.39 is 0 Å². The summed E-state index contributed by atoms with van der Waals surface area (Å²) >= 11 is 0. The summed E-state index contributed by atoms with van der Waals surface area (Å²) in [6.45, 7) is 3.12. The summed E-state index contributed by atoms with van der Waals surface area (Å²) in [4.78, 5) is 0. The van der Waals surface area contributed by atoms with E-state index in [2.05, 4.69) is 12.2 Å². The first kappa shape index (κ1) is 12.0. The first-order chi connectivity index (χ1) is 7.27. The van der Waals surface area contributed by atoms with Gasteiger partial charge in [-0.05, 0) is 30.7 Å². The zero-order chi connectivity index (χ0) is 11.1. The first-order valence-corrected chi connectivity index (χ1v) is 5.41. The molecule has 3 N–H and O–H groups in total. The molecule has 1 rings (SSSR count). The Morgan fingerprint density at radius 1 is 1.27 bits per heavy atom. The molecule has 0 fully saturated rings. The lowest BCUT2D eigenvalue weighted by Gasteiger charge is -2.16. The van der Waals surface area contributed by atoms with E-state index >= 15 is 0 Å². The van der Waals surface area contributed by atoms with Gasteiger partial charge in [-0.15, -0.1) is 0 Å². The van der Waals surface area contributed by atoms with Gasteiger partial charge in [-0.1, -0.05) is 25.5 Å². The minimum absolute atomic E-state index is 0.0304. The van der Waals surface area contributed by atoms with E-state index in [0.717, 1.165) is 24.9 Å². The number of hydrogen-bond acceptors (Lipinski definition) is 3. The largest absolute Gasteiger partial charge is 0.508 e. The lowest BCUT2D eigenvalue weighted by atomic mass is 10.1. The minimum Gasteiger partial charge on any atom is -0.508 e. The Balaban J connectivity index is 2.53. The molecule has 1 aromatic carbocycles. The van der Waals surface area contributed by atoms with E-state index in [1.54, 1.807) is 12.1 Å². The lowest BCUT2D eigenvalue weighted by Crippen LogP contribution is -2.25. The number of hydrogen-bond donors (Lipinski definition) is 3. The van der Waals surface area contributed by atoms with Crippen LogP contribution in [-0.2, 0) is 0 Å². The van der Waals surface area contributed by atoms with Gasteiger partial charge in [-0.3, -0.25) is 0 Å². The molecule has 0 amide bonds. The second kappa shape index (κ2) is 6.43. The number of aromatic hydroxyl groups is 1. The van der Waals surface area contributed by atoms with Gasteiger partial charge in [-0.2, -0.15) is 0 Å². The van der Waals surface area contributed by atoms with E-state index in [4.69, 9.17) is 5.11 Å². The van der Waals surface area contributed by atoms with E-state index in [0.29, 0.717) is 0 Å². The fourth-order valence-electron chi connectivity index (χ4n) is 1.45. The highest BCUT2D eigenvalue weighted by Gasteiger charge is 2.08. The molecule has 0 aliphatic carbocycles. The van der Waals surface area contributed by atoms with Crippen molar-refractivity contribution in [3.05, 3.63) is 29.8 Å². The van der Waals surface area contributed by atoms with Crippen LogP contribution >= 0.6 is 0 Å². The monoisotopic (exact) mass is 209 g/mol. The highest BCUT2D eigenvalue weighted by Crippen LogP contribution is 2.16. The predicted molar refractivity (Wildman–Crippen MR) is 60.8 cm³/mol. The molecule has 1 unspecified atom stereocenters. The highest BCUT2D eigenvalue weighted by atomic mass is 16.3. The summed E-state index contributed by atoms with van der Waals surface area (Å²) in [5.41, 5.74) is 1.01.